The van der Waals surface area contributed by atoms with Crippen molar-refractivity contribution in [3.05, 3.63) is 65.5 Å². The van der Waals surface area contributed by atoms with E-state index in [0.29, 0.717) is 54.9 Å². The zero-order chi connectivity index (χ0) is 25.1. The third kappa shape index (κ3) is 3.69. The van der Waals surface area contributed by atoms with Gasteiger partial charge in [0.15, 0.2) is 11.5 Å². The molecule has 11 nitrogen and oxygen atoms in total. The first-order chi connectivity index (χ1) is 18.1. The van der Waals surface area contributed by atoms with Crippen molar-refractivity contribution < 1.29 is 4.79 Å². The Morgan fingerprint density at radius 3 is 2.59 bits per heavy atom. The molecule has 1 amide bonds. The minimum absolute atomic E-state index is 0.0226. The van der Waals surface area contributed by atoms with Gasteiger partial charge in [-0.1, -0.05) is 6.07 Å². The van der Waals surface area contributed by atoms with Crippen molar-refractivity contribution in [2.45, 2.75) is 32.6 Å². The number of hydrogen-bond acceptors (Lipinski definition) is 8. The fraction of sp³-hybridized carbons (Fsp3) is 0.346. The van der Waals surface area contributed by atoms with Crippen LogP contribution in [-0.2, 0) is 0 Å². The Morgan fingerprint density at radius 2 is 1.84 bits per heavy atom. The van der Waals surface area contributed by atoms with Crippen molar-refractivity contribution in [2.75, 3.05) is 31.1 Å². The fourth-order valence-corrected chi connectivity index (χ4v) is 5.15. The summed E-state index contributed by atoms with van der Waals surface area (Å²) in [5, 5.41) is 9.89. The summed E-state index contributed by atoms with van der Waals surface area (Å²) >= 11 is 0. The number of nitrogens with zero attached hydrogens (tertiary/aromatic N) is 10. The molecule has 0 spiro atoms. The number of aromatic nitrogens is 8. The summed E-state index contributed by atoms with van der Waals surface area (Å²) in [6.07, 6.45) is 5.46. The lowest BCUT2D eigenvalue weighted by Gasteiger charge is -2.36. The van der Waals surface area contributed by atoms with Gasteiger partial charge in [0, 0.05) is 55.7 Å². The summed E-state index contributed by atoms with van der Waals surface area (Å²) in [5.74, 6) is 2.65. The molecule has 1 saturated carbocycles. The highest BCUT2D eigenvalue weighted by molar-refractivity contribution is 6.07. The second-order valence-corrected chi connectivity index (χ2v) is 9.76. The van der Waals surface area contributed by atoms with E-state index in [2.05, 4.69) is 25.0 Å². The van der Waals surface area contributed by atoms with E-state index in [0.717, 1.165) is 41.1 Å². The Hall–Kier alpha value is -4.41. The Labute approximate surface area is 212 Å². The molecule has 37 heavy (non-hydrogen) atoms. The monoisotopic (exact) mass is 494 g/mol. The summed E-state index contributed by atoms with van der Waals surface area (Å²) in [4.78, 5) is 36.3. The average molecular weight is 495 g/mol. The zero-order valence-corrected chi connectivity index (χ0v) is 20.7. The molecule has 0 bridgehead atoms. The van der Waals surface area contributed by atoms with Crippen molar-refractivity contribution in [1.82, 2.24) is 44.2 Å². The van der Waals surface area contributed by atoms with Crippen molar-refractivity contribution in [1.29, 1.82) is 0 Å². The highest BCUT2D eigenvalue weighted by Crippen LogP contribution is 2.41. The molecule has 0 unspecified atom stereocenters. The number of hydrogen-bond donors (Lipinski definition) is 0. The second-order valence-electron chi connectivity index (χ2n) is 9.76. The van der Waals surface area contributed by atoms with E-state index in [9.17, 15) is 4.79 Å². The van der Waals surface area contributed by atoms with Crippen molar-refractivity contribution >= 4 is 28.5 Å². The van der Waals surface area contributed by atoms with Crippen molar-refractivity contribution in [2.24, 2.45) is 0 Å². The summed E-state index contributed by atoms with van der Waals surface area (Å²) in [5.41, 5.74) is 4.01. The average Bonchev–Trinajstić information content (AvgIpc) is 3.59. The van der Waals surface area contributed by atoms with Gasteiger partial charge in [-0.25, -0.2) is 15.0 Å². The van der Waals surface area contributed by atoms with Crippen LogP contribution in [0.4, 0.5) is 5.82 Å². The first-order valence-electron chi connectivity index (χ1n) is 12.6. The standard InChI is InChI=1S/C26H26N10O/c1-16-13-22(36-26(30-16)28-15-29-36)33-9-11-34(12-10-33)25(37)19-14-20(18-6-7-18)31-24-23(19)17(2)32-35(24)21-5-3-4-8-27-21/h3-5,8,13-15,18H,6-7,9-12H2,1-2H3. The van der Waals surface area contributed by atoms with E-state index in [1.807, 2.05) is 49.1 Å². The van der Waals surface area contributed by atoms with Crippen LogP contribution < -0.4 is 4.90 Å². The molecule has 5 aromatic heterocycles. The number of carbonyl (C=O) groups is 1. The Kier molecular flexibility index (Phi) is 4.91. The maximum atomic E-state index is 14.0. The van der Waals surface area contributed by atoms with Gasteiger partial charge in [-0.05, 0) is 44.9 Å². The number of amides is 1. The minimum Gasteiger partial charge on any atom is -0.353 e. The maximum Gasteiger partial charge on any atom is 0.254 e. The first-order valence-corrected chi connectivity index (χ1v) is 12.6. The molecule has 5 aromatic rings. The molecule has 2 fully saturated rings. The largest absolute Gasteiger partial charge is 0.353 e. The Bertz CT molecular complexity index is 1640. The van der Waals surface area contributed by atoms with Crippen LogP contribution in [0.2, 0.25) is 0 Å². The van der Waals surface area contributed by atoms with E-state index in [1.54, 1.807) is 15.4 Å². The number of rotatable bonds is 4. The van der Waals surface area contributed by atoms with Crippen LogP contribution in [0.25, 0.3) is 22.6 Å². The van der Waals surface area contributed by atoms with Gasteiger partial charge in [0.1, 0.15) is 12.1 Å². The fourth-order valence-electron chi connectivity index (χ4n) is 5.15. The first kappa shape index (κ1) is 21.8. The van der Waals surface area contributed by atoms with Crippen molar-refractivity contribution in [3.63, 3.8) is 0 Å². The van der Waals surface area contributed by atoms with Gasteiger partial charge in [-0.15, -0.1) is 0 Å². The summed E-state index contributed by atoms with van der Waals surface area (Å²) in [6.45, 7) is 6.49. The summed E-state index contributed by atoms with van der Waals surface area (Å²) in [6, 6.07) is 9.73. The lowest BCUT2D eigenvalue weighted by molar-refractivity contribution is 0.0748. The molecule has 0 radical (unpaired) electrons. The molecule has 0 N–H and O–H groups in total. The van der Waals surface area contributed by atoms with E-state index >= 15 is 0 Å². The van der Waals surface area contributed by atoms with Gasteiger partial charge in [0.05, 0.1) is 16.6 Å². The highest BCUT2D eigenvalue weighted by atomic mass is 16.2. The van der Waals surface area contributed by atoms with Crippen LogP contribution in [0.3, 0.4) is 0 Å². The molecule has 1 aliphatic heterocycles. The normalized spacial score (nSPS) is 16.2. The molecule has 1 aliphatic carbocycles. The smallest absolute Gasteiger partial charge is 0.254 e. The van der Waals surface area contributed by atoms with Gasteiger partial charge >= 0.3 is 0 Å². The Balaban J connectivity index is 1.22. The molecular formula is C26H26N10O. The molecule has 6 heterocycles. The summed E-state index contributed by atoms with van der Waals surface area (Å²) in [7, 11) is 0. The van der Waals surface area contributed by atoms with E-state index < -0.39 is 0 Å². The Morgan fingerprint density at radius 1 is 1.00 bits per heavy atom. The van der Waals surface area contributed by atoms with Gasteiger partial charge in [-0.3, -0.25) is 4.79 Å². The number of carbonyl (C=O) groups excluding carboxylic acids is 1. The number of pyridine rings is 2. The van der Waals surface area contributed by atoms with Crippen LogP contribution in [0.5, 0.6) is 0 Å². The lowest BCUT2D eigenvalue weighted by Crippen LogP contribution is -2.49. The van der Waals surface area contributed by atoms with Crippen LogP contribution in [0, 0.1) is 13.8 Å². The number of piperazine rings is 1. The maximum absolute atomic E-state index is 14.0. The lowest BCUT2D eigenvalue weighted by atomic mass is 10.1. The topological polar surface area (TPSA) is 110 Å². The number of aryl methyl sites for hydroxylation is 2. The molecule has 186 valence electrons. The van der Waals surface area contributed by atoms with E-state index in [4.69, 9.17) is 10.1 Å². The molecule has 11 heteroatoms. The van der Waals surface area contributed by atoms with Crippen molar-refractivity contribution in [3.8, 4) is 5.82 Å². The third-order valence-electron chi connectivity index (χ3n) is 7.18. The van der Waals surface area contributed by atoms with Gasteiger partial charge < -0.3 is 9.80 Å². The zero-order valence-electron chi connectivity index (χ0n) is 20.7. The molecule has 1 saturated heterocycles. The quantitative estimate of drug-likeness (QED) is 0.375. The molecule has 0 aromatic carbocycles. The number of anilines is 1. The van der Waals surface area contributed by atoms with Gasteiger partial charge in [-0.2, -0.15) is 24.4 Å². The molecule has 0 atom stereocenters. The van der Waals surface area contributed by atoms with E-state index in [1.165, 1.54) is 6.33 Å². The van der Waals surface area contributed by atoms with Crippen LogP contribution in [0.15, 0.2) is 42.9 Å². The molecule has 2 aliphatic rings. The SMILES string of the molecule is Cc1cc(N2CCN(C(=O)c3cc(C4CC4)nc4c3c(C)nn4-c3ccccn3)CC2)n2ncnc2n1. The molecule has 7 rings (SSSR count). The predicted octanol–water partition coefficient (Wildman–Crippen LogP) is 2.71. The number of fused-ring (bicyclic) bond motifs is 2. The van der Waals surface area contributed by atoms with Crippen LogP contribution in [-0.4, -0.2) is 76.3 Å². The predicted molar refractivity (Wildman–Crippen MR) is 137 cm³/mol. The van der Waals surface area contributed by atoms with Gasteiger partial charge in [0.25, 0.3) is 11.7 Å². The van der Waals surface area contributed by atoms with Crippen LogP contribution in [0.1, 0.15) is 46.2 Å². The second kappa shape index (κ2) is 8.32. The third-order valence-corrected chi connectivity index (χ3v) is 7.18. The van der Waals surface area contributed by atoms with Crippen LogP contribution >= 0.6 is 0 Å². The minimum atomic E-state index is 0.0226. The highest BCUT2D eigenvalue weighted by Gasteiger charge is 2.31. The summed E-state index contributed by atoms with van der Waals surface area (Å²) < 4.78 is 3.52. The molecular weight excluding hydrogens is 468 g/mol. The van der Waals surface area contributed by atoms with E-state index in [-0.39, 0.29) is 5.91 Å². The van der Waals surface area contributed by atoms with Gasteiger partial charge in [0.2, 0.25) is 0 Å².